The van der Waals surface area contributed by atoms with Crippen LogP contribution in [-0.2, 0) is 24.6 Å². The number of carboxylic acids is 1. The van der Waals surface area contributed by atoms with Crippen molar-refractivity contribution >= 4 is 5.97 Å². The standard InChI is InChI=1S/C32H30N2O5/c1-22-27(11-6-12-29(22)25-9-3-2-4-10-25)21-38-28-14-13-26(18-34-30(19-35)32(36)37)31(16-28)39-20-24-8-5-7-23(15-24)17-33/h2-16,30,34-35H,18-21H2,1H3,(H,36,37)/t30-/m1/s1. The van der Waals surface area contributed by atoms with Crippen LogP contribution in [0.1, 0.15) is 27.8 Å². The number of carboxylic acid groups (broad SMARTS) is 1. The van der Waals surface area contributed by atoms with E-state index in [9.17, 15) is 20.3 Å². The van der Waals surface area contributed by atoms with E-state index in [2.05, 4.69) is 36.5 Å². The van der Waals surface area contributed by atoms with Gasteiger partial charge in [0.2, 0.25) is 0 Å². The third-order valence-electron chi connectivity index (χ3n) is 6.43. The summed E-state index contributed by atoms with van der Waals surface area (Å²) in [4.78, 5) is 11.3. The number of benzene rings is 4. The third kappa shape index (κ3) is 7.23. The Balaban J connectivity index is 1.53. The summed E-state index contributed by atoms with van der Waals surface area (Å²) in [7, 11) is 0. The molecule has 4 aromatic rings. The minimum atomic E-state index is -1.14. The molecule has 0 aliphatic rings. The lowest BCUT2D eigenvalue weighted by atomic mass is 9.97. The molecule has 7 nitrogen and oxygen atoms in total. The average molecular weight is 523 g/mol. The van der Waals surface area contributed by atoms with Crippen LogP contribution in [0.25, 0.3) is 11.1 Å². The highest BCUT2D eigenvalue weighted by Crippen LogP contribution is 2.29. The molecule has 0 aliphatic heterocycles. The number of ether oxygens (including phenoxy) is 2. The van der Waals surface area contributed by atoms with Crippen LogP contribution in [0.3, 0.4) is 0 Å². The second-order valence-corrected chi connectivity index (χ2v) is 9.07. The Kier molecular flexibility index (Phi) is 9.30. The van der Waals surface area contributed by atoms with Gasteiger partial charge in [-0.25, -0.2) is 0 Å². The van der Waals surface area contributed by atoms with Crippen LogP contribution in [0, 0.1) is 18.3 Å². The van der Waals surface area contributed by atoms with Gasteiger partial charge >= 0.3 is 5.97 Å². The van der Waals surface area contributed by atoms with E-state index in [0.717, 1.165) is 27.8 Å². The van der Waals surface area contributed by atoms with Gasteiger partial charge in [0.15, 0.2) is 0 Å². The first-order chi connectivity index (χ1) is 19.0. The van der Waals surface area contributed by atoms with E-state index < -0.39 is 18.6 Å². The Labute approximate surface area is 227 Å². The topological polar surface area (TPSA) is 112 Å². The van der Waals surface area contributed by atoms with Crippen molar-refractivity contribution in [2.45, 2.75) is 32.7 Å². The van der Waals surface area contributed by atoms with E-state index in [-0.39, 0.29) is 13.2 Å². The van der Waals surface area contributed by atoms with E-state index in [1.54, 1.807) is 24.3 Å². The summed E-state index contributed by atoms with van der Waals surface area (Å²) >= 11 is 0. The lowest BCUT2D eigenvalue weighted by molar-refractivity contribution is -0.140. The molecule has 0 amide bonds. The second-order valence-electron chi connectivity index (χ2n) is 9.07. The maximum atomic E-state index is 11.3. The molecule has 0 radical (unpaired) electrons. The second kappa shape index (κ2) is 13.2. The van der Waals surface area contributed by atoms with Crippen molar-refractivity contribution in [2.24, 2.45) is 0 Å². The number of aliphatic hydroxyl groups is 1. The van der Waals surface area contributed by atoms with Crippen molar-refractivity contribution in [3.63, 3.8) is 0 Å². The quantitative estimate of drug-likeness (QED) is 0.234. The van der Waals surface area contributed by atoms with Crippen molar-refractivity contribution in [2.75, 3.05) is 6.61 Å². The minimum absolute atomic E-state index is 0.170. The largest absolute Gasteiger partial charge is 0.489 e. The van der Waals surface area contributed by atoms with E-state index in [4.69, 9.17) is 9.47 Å². The number of nitrogens with zero attached hydrogens (tertiary/aromatic N) is 1. The Morgan fingerprint density at radius 1 is 0.923 bits per heavy atom. The first-order valence-corrected chi connectivity index (χ1v) is 12.6. The van der Waals surface area contributed by atoms with Crippen LogP contribution in [0.5, 0.6) is 11.5 Å². The van der Waals surface area contributed by atoms with E-state index in [1.807, 2.05) is 48.5 Å². The predicted molar refractivity (Wildman–Crippen MR) is 148 cm³/mol. The molecule has 39 heavy (non-hydrogen) atoms. The predicted octanol–water partition coefficient (Wildman–Crippen LogP) is 5.23. The number of aliphatic hydroxyl groups excluding tert-OH is 1. The molecule has 7 heteroatoms. The zero-order valence-corrected chi connectivity index (χ0v) is 21.6. The van der Waals surface area contributed by atoms with Gasteiger partial charge < -0.3 is 19.7 Å². The summed E-state index contributed by atoms with van der Waals surface area (Å²) in [6.07, 6.45) is 0. The maximum Gasteiger partial charge on any atom is 0.323 e. The Morgan fingerprint density at radius 3 is 2.46 bits per heavy atom. The van der Waals surface area contributed by atoms with Gasteiger partial charge in [0.05, 0.1) is 18.2 Å². The fraction of sp³-hybridized carbons (Fsp3) is 0.188. The molecule has 0 unspecified atom stereocenters. The van der Waals surface area contributed by atoms with Crippen LogP contribution in [0.15, 0.2) is 91.0 Å². The molecule has 1 atom stereocenters. The molecular formula is C32H30N2O5. The molecule has 4 aromatic carbocycles. The van der Waals surface area contributed by atoms with Gasteiger partial charge in [-0.15, -0.1) is 0 Å². The van der Waals surface area contributed by atoms with Crippen molar-refractivity contribution in [3.8, 4) is 28.7 Å². The lowest BCUT2D eigenvalue weighted by Crippen LogP contribution is -2.39. The van der Waals surface area contributed by atoms with Crippen molar-refractivity contribution < 1.29 is 24.5 Å². The Morgan fingerprint density at radius 2 is 1.72 bits per heavy atom. The maximum absolute atomic E-state index is 11.3. The van der Waals surface area contributed by atoms with Crippen LogP contribution in [-0.4, -0.2) is 28.8 Å². The van der Waals surface area contributed by atoms with E-state index in [1.165, 1.54) is 0 Å². The summed E-state index contributed by atoms with van der Waals surface area (Å²) in [5, 5.41) is 30.6. The van der Waals surface area contributed by atoms with Crippen molar-refractivity contribution in [3.05, 3.63) is 119 Å². The average Bonchev–Trinajstić information content (AvgIpc) is 2.97. The number of nitrogens with one attached hydrogen (secondary N) is 1. The van der Waals surface area contributed by atoms with Gasteiger partial charge in [0, 0.05) is 18.2 Å². The van der Waals surface area contributed by atoms with Crippen molar-refractivity contribution in [1.29, 1.82) is 5.26 Å². The molecule has 0 saturated heterocycles. The number of hydrogen-bond acceptors (Lipinski definition) is 6. The number of aliphatic carboxylic acids is 1. The molecule has 3 N–H and O–H groups in total. The van der Waals surface area contributed by atoms with Crippen LogP contribution in [0.2, 0.25) is 0 Å². The molecule has 0 saturated carbocycles. The Bertz CT molecular complexity index is 1460. The zero-order valence-electron chi connectivity index (χ0n) is 21.6. The number of nitriles is 1. The molecule has 0 aromatic heterocycles. The Hall–Kier alpha value is -4.64. The molecular weight excluding hydrogens is 492 g/mol. The number of rotatable bonds is 12. The first-order valence-electron chi connectivity index (χ1n) is 12.6. The highest BCUT2D eigenvalue weighted by atomic mass is 16.5. The van der Waals surface area contributed by atoms with Gasteiger partial charge in [0.25, 0.3) is 0 Å². The molecule has 0 heterocycles. The van der Waals surface area contributed by atoms with Gasteiger partial charge in [-0.1, -0.05) is 66.7 Å². The van der Waals surface area contributed by atoms with Gasteiger partial charge in [-0.3, -0.25) is 10.1 Å². The third-order valence-corrected chi connectivity index (χ3v) is 6.43. The van der Waals surface area contributed by atoms with Crippen LogP contribution < -0.4 is 14.8 Å². The normalized spacial score (nSPS) is 11.4. The lowest BCUT2D eigenvalue weighted by Gasteiger charge is -2.17. The first kappa shape index (κ1) is 27.4. The summed E-state index contributed by atoms with van der Waals surface area (Å²) in [5.74, 6) is -0.0264. The minimum Gasteiger partial charge on any atom is -0.489 e. The molecule has 198 valence electrons. The summed E-state index contributed by atoms with van der Waals surface area (Å²) < 4.78 is 12.3. The molecule has 4 rings (SSSR count). The number of carbonyl (C=O) groups is 1. The summed E-state index contributed by atoms with van der Waals surface area (Å²) in [6.45, 7) is 2.30. The molecule has 0 spiro atoms. The molecule has 0 fully saturated rings. The fourth-order valence-electron chi connectivity index (χ4n) is 4.19. The van der Waals surface area contributed by atoms with Crippen LogP contribution in [0.4, 0.5) is 0 Å². The molecule has 0 aliphatic carbocycles. The smallest absolute Gasteiger partial charge is 0.323 e. The van der Waals surface area contributed by atoms with Gasteiger partial charge in [0.1, 0.15) is 30.8 Å². The highest BCUT2D eigenvalue weighted by molar-refractivity contribution is 5.73. The van der Waals surface area contributed by atoms with E-state index in [0.29, 0.717) is 29.2 Å². The fourth-order valence-corrected chi connectivity index (χ4v) is 4.19. The van der Waals surface area contributed by atoms with Crippen LogP contribution >= 0.6 is 0 Å². The van der Waals surface area contributed by atoms with Gasteiger partial charge in [-0.05, 0) is 52.9 Å². The monoisotopic (exact) mass is 522 g/mol. The highest BCUT2D eigenvalue weighted by Gasteiger charge is 2.17. The zero-order chi connectivity index (χ0) is 27.6. The van der Waals surface area contributed by atoms with Crippen molar-refractivity contribution in [1.82, 2.24) is 5.32 Å². The van der Waals surface area contributed by atoms with E-state index >= 15 is 0 Å². The summed E-state index contributed by atoms with van der Waals surface area (Å²) in [5.41, 5.74) is 6.57. The van der Waals surface area contributed by atoms with Gasteiger partial charge in [-0.2, -0.15) is 5.26 Å². The SMILES string of the molecule is Cc1c(COc2ccc(CN[C@H](CO)C(=O)O)c(OCc3cccc(C#N)c3)c2)cccc1-c1ccccc1. The summed E-state index contributed by atoms with van der Waals surface area (Å²) in [6, 6.07) is 29.9. The number of hydrogen-bond donors (Lipinski definition) is 3. The molecule has 0 bridgehead atoms.